The molecule has 0 aliphatic carbocycles. The largest absolute Gasteiger partial charge is 0.326 e. The molecule has 0 bridgehead atoms. The molecule has 0 radical (unpaired) electrons. The van der Waals surface area contributed by atoms with Crippen molar-refractivity contribution in [1.82, 2.24) is 0 Å². The first kappa shape index (κ1) is 14.5. The Morgan fingerprint density at radius 1 is 1.20 bits per heavy atom. The Bertz CT molecular complexity index is 614. The highest BCUT2D eigenvalue weighted by atomic mass is 35.5. The van der Waals surface area contributed by atoms with E-state index in [1.807, 2.05) is 32.0 Å². The molecule has 0 aliphatic heterocycles. The maximum Gasteiger partial charge on any atom is 0.228 e. The molecule has 0 heterocycles. The van der Waals surface area contributed by atoms with E-state index >= 15 is 0 Å². The second-order valence-corrected chi connectivity index (χ2v) is 5.21. The van der Waals surface area contributed by atoms with Crippen LogP contribution in [0.25, 0.3) is 0 Å². The number of rotatable bonds is 3. The molecule has 1 amide bonds. The van der Waals surface area contributed by atoms with Crippen LogP contribution in [0.3, 0.4) is 0 Å². The Morgan fingerprint density at radius 2 is 1.85 bits per heavy atom. The van der Waals surface area contributed by atoms with Crippen molar-refractivity contribution >= 4 is 23.2 Å². The number of hydrogen-bond donors (Lipinski definition) is 1. The second-order valence-electron chi connectivity index (χ2n) is 4.80. The Kier molecular flexibility index (Phi) is 4.40. The van der Waals surface area contributed by atoms with Crippen LogP contribution in [-0.4, -0.2) is 5.91 Å². The molecular weight excluding hydrogens is 277 g/mol. The highest BCUT2D eigenvalue weighted by molar-refractivity contribution is 6.31. The zero-order chi connectivity index (χ0) is 14.7. The fraction of sp³-hybridized carbons (Fsp3) is 0.188. The van der Waals surface area contributed by atoms with Crippen LogP contribution < -0.4 is 5.32 Å². The maximum absolute atomic E-state index is 13.6. The van der Waals surface area contributed by atoms with Crippen molar-refractivity contribution < 1.29 is 9.18 Å². The maximum atomic E-state index is 13.6. The molecule has 2 aromatic carbocycles. The summed E-state index contributed by atoms with van der Waals surface area (Å²) in [4.78, 5) is 12.0. The quantitative estimate of drug-likeness (QED) is 0.898. The lowest BCUT2D eigenvalue weighted by atomic mass is 10.1. The Hall–Kier alpha value is -1.87. The molecule has 2 rings (SSSR count). The van der Waals surface area contributed by atoms with E-state index in [2.05, 4.69) is 5.32 Å². The third-order valence-electron chi connectivity index (χ3n) is 2.90. The first-order valence-electron chi connectivity index (χ1n) is 6.27. The van der Waals surface area contributed by atoms with Gasteiger partial charge in [0.25, 0.3) is 0 Å². The Labute approximate surface area is 122 Å². The molecule has 4 heteroatoms. The zero-order valence-electron chi connectivity index (χ0n) is 11.3. The average molecular weight is 292 g/mol. The molecule has 0 fully saturated rings. The fourth-order valence-electron chi connectivity index (χ4n) is 2.11. The third-order valence-corrected chi connectivity index (χ3v) is 3.26. The number of halogens is 2. The van der Waals surface area contributed by atoms with Crippen molar-refractivity contribution in [1.29, 1.82) is 0 Å². The number of carbonyl (C=O) groups is 1. The summed E-state index contributed by atoms with van der Waals surface area (Å²) in [6, 6.07) is 10.1. The third kappa shape index (κ3) is 3.58. The molecule has 0 unspecified atom stereocenters. The SMILES string of the molecule is Cc1cc(C)cc(NC(=O)Cc2c(F)cccc2Cl)c1. The van der Waals surface area contributed by atoms with Crippen LogP contribution in [0.15, 0.2) is 36.4 Å². The number of anilines is 1. The number of aryl methyl sites for hydroxylation is 2. The van der Waals surface area contributed by atoms with E-state index < -0.39 is 5.82 Å². The smallest absolute Gasteiger partial charge is 0.228 e. The minimum Gasteiger partial charge on any atom is -0.326 e. The summed E-state index contributed by atoms with van der Waals surface area (Å²) < 4.78 is 13.6. The Morgan fingerprint density at radius 3 is 2.45 bits per heavy atom. The molecular formula is C16H15ClFNO. The van der Waals surface area contributed by atoms with E-state index in [0.717, 1.165) is 11.1 Å². The molecule has 2 nitrogen and oxygen atoms in total. The molecule has 0 atom stereocenters. The van der Waals surface area contributed by atoms with Crippen LogP contribution in [0.1, 0.15) is 16.7 Å². The van der Waals surface area contributed by atoms with Gasteiger partial charge in [-0.1, -0.05) is 23.7 Å². The van der Waals surface area contributed by atoms with Gasteiger partial charge in [0.05, 0.1) is 6.42 Å². The summed E-state index contributed by atoms with van der Waals surface area (Å²) in [5, 5.41) is 3.03. The second kappa shape index (κ2) is 6.06. The van der Waals surface area contributed by atoms with Crippen molar-refractivity contribution in [2.75, 3.05) is 5.32 Å². The number of nitrogens with one attached hydrogen (secondary N) is 1. The summed E-state index contributed by atoms with van der Waals surface area (Å²) in [6.07, 6.45) is -0.0848. The molecule has 2 aromatic rings. The van der Waals surface area contributed by atoms with Gasteiger partial charge in [-0.15, -0.1) is 0 Å². The van der Waals surface area contributed by atoms with Crippen LogP contribution in [0, 0.1) is 19.7 Å². The van der Waals surface area contributed by atoms with E-state index in [1.54, 1.807) is 6.07 Å². The van der Waals surface area contributed by atoms with Crippen LogP contribution in [0.4, 0.5) is 10.1 Å². The standard InChI is InChI=1S/C16H15ClFNO/c1-10-6-11(2)8-12(7-10)19-16(20)9-13-14(17)4-3-5-15(13)18/h3-8H,9H2,1-2H3,(H,19,20). The first-order valence-corrected chi connectivity index (χ1v) is 6.64. The van der Waals surface area contributed by atoms with Gasteiger partial charge in [0.1, 0.15) is 5.82 Å². The van der Waals surface area contributed by atoms with Crippen LogP contribution >= 0.6 is 11.6 Å². The number of hydrogen-bond acceptors (Lipinski definition) is 1. The zero-order valence-corrected chi connectivity index (χ0v) is 12.1. The lowest BCUT2D eigenvalue weighted by Gasteiger charge is -2.09. The monoisotopic (exact) mass is 291 g/mol. The summed E-state index contributed by atoms with van der Waals surface area (Å²) >= 11 is 5.91. The van der Waals surface area contributed by atoms with Gasteiger partial charge >= 0.3 is 0 Å². The summed E-state index contributed by atoms with van der Waals surface area (Å²) in [5.41, 5.74) is 3.05. The lowest BCUT2D eigenvalue weighted by molar-refractivity contribution is -0.115. The highest BCUT2D eigenvalue weighted by Crippen LogP contribution is 2.20. The number of benzene rings is 2. The van der Waals surface area contributed by atoms with Crippen molar-refractivity contribution in [2.45, 2.75) is 20.3 Å². The van der Waals surface area contributed by atoms with Crippen molar-refractivity contribution in [3.05, 3.63) is 63.9 Å². The highest BCUT2D eigenvalue weighted by Gasteiger charge is 2.12. The molecule has 0 saturated heterocycles. The van der Waals surface area contributed by atoms with Gasteiger partial charge in [0.15, 0.2) is 0 Å². The van der Waals surface area contributed by atoms with Gasteiger partial charge < -0.3 is 5.32 Å². The molecule has 0 spiro atoms. The first-order chi connectivity index (χ1) is 9.45. The minimum atomic E-state index is -0.465. The van der Waals surface area contributed by atoms with Gasteiger partial charge in [0, 0.05) is 16.3 Å². The summed E-state index contributed by atoms with van der Waals surface area (Å²) in [5.74, 6) is -0.755. The van der Waals surface area contributed by atoms with Gasteiger partial charge in [0.2, 0.25) is 5.91 Å². The molecule has 0 saturated carbocycles. The summed E-state index contributed by atoms with van der Waals surface area (Å²) in [6.45, 7) is 3.91. The Balaban J connectivity index is 2.13. The molecule has 20 heavy (non-hydrogen) atoms. The lowest BCUT2D eigenvalue weighted by Crippen LogP contribution is -2.15. The number of carbonyl (C=O) groups excluding carboxylic acids is 1. The molecule has 1 N–H and O–H groups in total. The topological polar surface area (TPSA) is 29.1 Å². The minimum absolute atomic E-state index is 0.0848. The predicted molar refractivity (Wildman–Crippen MR) is 79.7 cm³/mol. The normalized spacial score (nSPS) is 10.4. The molecule has 104 valence electrons. The van der Waals surface area contributed by atoms with Crippen LogP contribution in [0.5, 0.6) is 0 Å². The van der Waals surface area contributed by atoms with Crippen molar-refractivity contribution in [3.63, 3.8) is 0 Å². The van der Waals surface area contributed by atoms with E-state index in [1.165, 1.54) is 12.1 Å². The predicted octanol–water partition coefficient (Wildman–Crippen LogP) is 4.28. The average Bonchev–Trinajstić information content (AvgIpc) is 2.32. The van der Waals surface area contributed by atoms with Gasteiger partial charge in [-0.2, -0.15) is 0 Å². The number of amides is 1. The van der Waals surface area contributed by atoms with Crippen molar-refractivity contribution in [3.8, 4) is 0 Å². The van der Waals surface area contributed by atoms with Crippen LogP contribution in [0.2, 0.25) is 5.02 Å². The van der Waals surface area contributed by atoms with Gasteiger partial charge in [-0.25, -0.2) is 4.39 Å². The van der Waals surface area contributed by atoms with Crippen LogP contribution in [-0.2, 0) is 11.2 Å². The van der Waals surface area contributed by atoms with Gasteiger partial charge in [-0.05, 0) is 49.2 Å². The van der Waals surface area contributed by atoms with Crippen molar-refractivity contribution in [2.24, 2.45) is 0 Å². The van der Waals surface area contributed by atoms with E-state index in [0.29, 0.717) is 5.69 Å². The van der Waals surface area contributed by atoms with E-state index in [9.17, 15) is 9.18 Å². The van der Waals surface area contributed by atoms with Gasteiger partial charge in [-0.3, -0.25) is 4.79 Å². The fourth-order valence-corrected chi connectivity index (χ4v) is 2.34. The van der Waals surface area contributed by atoms with E-state index in [4.69, 9.17) is 11.6 Å². The van der Waals surface area contributed by atoms with E-state index in [-0.39, 0.29) is 22.9 Å². The molecule has 0 aromatic heterocycles. The molecule has 0 aliphatic rings. The summed E-state index contributed by atoms with van der Waals surface area (Å²) in [7, 11) is 0.